The second-order valence-corrected chi connectivity index (χ2v) is 6.47. The molecule has 1 heterocycles. The molecule has 0 bridgehead atoms. The monoisotopic (exact) mass is 296 g/mol. The minimum Gasteiger partial charge on any atom is -0.390 e. The fourth-order valence-corrected chi connectivity index (χ4v) is 3.06. The highest BCUT2D eigenvalue weighted by molar-refractivity contribution is 7.15. The van der Waals surface area contributed by atoms with Crippen LogP contribution < -0.4 is 4.84 Å². The average Bonchev–Trinajstić information content (AvgIpc) is 2.76. The molecule has 0 aliphatic rings. The summed E-state index contributed by atoms with van der Waals surface area (Å²) in [4.78, 5) is 8.12. The molecule has 5 heteroatoms. The van der Waals surface area contributed by atoms with Crippen molar-refractivity contribution in [2.75, 3.05) is 0 Å². The summed E-state index contributed by atoms with van der Waals surface area (Å²) in [7, 11) is 0. The molecule has 0 spiro atoms. The van der Waals surface area contributed by atoms with Gasteiger partial charge >= 0.3 is 0 Å². The van der Waals surface area contributed by atoms with Gasteiger partial charge in [-0.1, -0.05) is 24.3 Å². The van der Waals surface area contributed by atoms with Crippen molar-refractivity contribution in [2.45, 2.75) is 32.4 Å². The van der Waals surface area contributed by atoms with Gasteiger partial charge in [0.2, 0.25) is 0 Å². The highest BCUT2D eigenvalue weighted by Crippen LogP contribution is 2.30. The molecule has 2 N–H and O–H groups in total. The van der Waals surface area contributed by atoms with E-state index in [9.17, 15) is 5.11 Å². The van der Waals surface area contributed by atoms with Crippen LogP contribution in [-0.2, 0) is 13.0 Å². The molecule has 0 atom stereocenters. The number of nitrogens with zero attached hydrogens (tertiary/aromatic N) is 1. The summed E-state index contributed by atoms with van der Waals surface area (Å²) < 4.78 is 0. The van der Waals surface area contributed by atoms with Crippen LogP contribution in [0.15, 0.2) is 30.5 Å². The van der Waals surface area contributed by atoms with Gasteiger partial charge in [0.05, 0.1) is 5.60 Å². The number of thiazole rings is 1. The summed E-state index contributed by atoms with van der Waals surface area (Å²) >= 11 is 7.12. The predicted molar refractivity (Wildman–Crippen MR) is 80.2 cm³/mol. The van der Waals surface area contributed by atoms with Crippen LogP contribution in [0.3, 0.4) is 0 Å². The summed E-state index contributed by atoms with van der Waals surface area (Å²) in [5.74, 6) is 0. The fraction of sp³-hybridized carbons (Fsp3) is 0.357. The number of benzene rings is 1. The van der Waals surface area contributed by atoms with E-state index in [1.54, 1.807) is 11.3 Å². The van der Waals surface area contributed by atoms with Crippen LogP contribution >= 0.6 is 23.1 Å². The Kier molecular flexibility index (Phi) is 4.58. The lowest BCUT2D eigenvalue weighted by atomic mass is 9.95. The Labute approximate surface area is 122 Å². The van der Waals surface area contributed by atoms with E-state index in [1.807, 2.05) is 44.3 Å². The Morgan fingerprint density at radius 2 is 2.11 bits per heavy atom. The van der Waals surface area contributed by atoms with Crippen molar-refractivity contribution in [1.29, 1.82) is 0 Å². The minimum absolute atomic E-state index is 0.603. The van der Waals surface area contributed by atoms with Gasteiger partial charge in [-0.3, -0.25) is 0 Å². The van der Waals surface area contributed by atoms with E-state index < -0.39 is 5.60 Å². The molecule has 1 aromatic carbocycles. The third-order valence-corrected chi connectivity index (χ3v) is 3.83. The summed E-state index contributed by atoms with van der Waals surface area (Å²) in [5, 5.41) is 10.9. The van der Waals surface area contributed by atoms with E-state index in [1.165, 1.54) is 0 Å². The van der Waals surface area contributed by atoms with Gasteiger partial charge < -0.3 is 5.11 Å². The van der Waals surface area contributed by atoms with Gasteiger partial charge in [-0.2, -0.15) is 0 Å². The zero-order chi connectivity index (χ0) is 13.9. The van der Waals surface area contributed by atoms with E-state index in [0.29, 0.717) is 13.0 Å². The lowest BCUT2D eigenvalue weighted by molar-refractivity contribution is 0.0811. The number of aromatic nitrogens is 1. The minimum atomic E-state index is -0.728. The molecule has 0 aliphatic carbocycles. The quantitative estimate of drug-likeness (QED) is 0.832. The molecule has 3 nitrogen and oxygen atoms in total. The van der Waals surface area contributed by atoms with Crippen LogP contribution in [-0.4, -0.2) is 15.7 Å². The van der Waals surface area contributed by atoms with Crippen molar-refractivity contribution in [2.24, 2.45) is 0 Å². The molecule has 0 unspecified atom stereocenters. The largest absolute Gasteiger partial charge is 0.390 e. The van der Waals surface area contributed by atoms with E-state index >= 15 is 0 Å². The van der Waals surface area contributed by atoms with Crippen LogP contribution in [0.4, 0.5) is 0 Å². The molecular weight excluding hydrogens is 280 g/mol. The topological polar surface area (TPSA) is 45.2 Å². The lowest BCUT2D eigenvalue weighted by Crippen LogP contribution is -2.22. The van der Waals surface area contributed by atoms with Crippen LogP contribution in [0.1, 0.15) is 24.3 Å². The molecule has 2 rings (SSSR count). The smallest absolute Gasteiger partial charge is 0.123 e. The van der Waals surface area contributed by atoms with Crippen molar-refractivity contribution in [3.63, 3.8) is 0 Å². The Morgan fingerprint density at radius 3 is 2.79 bits per heavy atom. The second kappa shape index (κ2) is 6.01. The van der Waals surface area contributed by atoms with Gasteiger partial charge in [-0.05, 0) is 31.2 Å². The number of aliphatic hydroxyl groups is 1. The van der Waals surface area contributed by atoms with E-state index in [-0.39, 0.29) is 0 Å². The molecule has 0 amide bonds. The molecular formula is C14H17ClN2OS. The zero-order valence-corrected chi connectivity index (χ0v) is 12.6. The molecule has 0 fully saturated rings. The molecule has 0 aliphatic heterocycles. The summed E-state index contributed by atoms with van der Waals surface area (Å²) in [5.41, 5.74) is 1.46. The lowest BCUT2D eigenvalue weighted by Gasteiger charge is -2.18. The van der Waals surface area contributed by atoms with Crippen LogP contribution in [0, 0.1) is 0 Å². The number of hydrogen-bond donors (Lipinski definition) is 2. The van der Waals surface area contributed by atoms with Crippen molar-refractivity contribution < 1.29 is 5.11 Å². The van der Waals surface area contributed by atoms with Gasteiger partial charge in [-0.15, -0.1) is 11.3 Å². The normalized spacial score (nSPS) is 11.8. The first kappa shape index (κ1) is 14.5. The van der Waals surface area contributed by atoms with Crippen LogP contribution in [0.2, 0.25) is 0 Å². The van der Waals surface area contributed by atoms with Gasteiger partial charge in [0.15, 0.2) is 0 Å². The van der Waals surface area contributed by atoms with E-state index in [4.69, 9.17) is 11.8 Å². The first-order valence-corrected chi connectivity index (χ1v) is 7.28. The van der Waals surface area contributed by atoms with E-state index in [2.05, 4.69) is 9.82 Å². The summed E-state index contributed by atoms with van der Waals surface area (Å²) in [6.45, 7) is 4.23. The Bertz CT molecular complexity index is 548. The first-order chi connectivity index (χ1) is 8.99. The molecule has 0 saturated carbocycles. The van der Waals surface area contributed by atoms with Crippen molar-refractivity contribution in [3.8, 4) is 10.6 Å². The molecule has 102 valence electrons. The molecule has 1 aromatic heterocycles. The van der Waals surface area contributed by atoms with Gasteiger partial charge in [-0.25, -0.2) is 9.82 Å². The van der Waals surface area contributed by atoms with Crippen LogP contribution in [0.5, 0.6) is 0 Å². The highest BCUT2D eigenvalue weighted by Gasteiger charge is 2.17. The molecule has 0 radical (unpaired) electrons. The maximum Gasteiger partial charge on any atom is 0.123 e. The summed E-state index contributed by atoms with van der Waals surface area (Å²) in [6.07, 6.45) is 2.43. The fourth-order valence-electron chi connectivity index (χ4n) is 1.93. The molecule has 19 heavy (non-hydrogen) atoms. The van der Waals surface area contributed by atoms with Crippen molar-refractivity contribution in [1.82, 2.24) is 9.82 Å². The SMILES string of the molecule is CC(C)(O)Cc1ccccc1-c1ncc(CNCl)s1. The molecule has 0 saturated heterocycles. The van der Waals surface area contributed by atoms with E-state index in [0.717, 1.165) is 21.0 Å². The first-order valence-electron chi connectivity index (χ1n) is 6.08. The number of rotatable bonds is 5. The van der Waals surface area contributed by atoms with Crippen molar-refractivity contribution >= 4 is 23.1 Å². The Balaban J connectivity index is 2.32. The van der Waals surface area contributed by atoms with Gasteiger partial charge in [0, 0.05) is 29.6 Å². The maximum atomic E-state index is 9.99. The van der Waals surface area contributed by atoms with Crippen molar-refractivity contribution in [3.05, 3.63) is 40.9 Å². The maximum absolute atomic E-state index is 9.99. The third-order valence-electron chi connectivity index (χ3n) is 2.67. The zero-order valence-electron chi connectivity index (χ0n) is 11.0. The summed E-state index contributed by atoms with van der Waals surface area (Å²) in [6, 6.07) is 8.05. The Hall–Kier alpha value is -0.940. The number of halogens is 1. The van der Waals surface area contributed by atoms with Gasteiger partial charge in [0.1, 0.15) is 5.01 Å². The highest BCUT2D eigenvalue weighted by atomic mass is 35.5. The van der Waals surface area contributed by atoms with Crippen LogP contribution in [0.25, 0.3) is 10.6 Å². The second-order valence-electron chi connectivity index (χ2n) is 5.09. The van der Waals surface area contributed by atoms with Gasteiger partial charge in [0.25, 0.3) is 0 Å². The number of nitrogens with one attached hydrogen (secondary N) is 1. The standard InChI is InChI=1S/C14H17ClN2OS/c1-14(2,18)7-10-5-3-4-6-12(10)13-16-8-11(19-13)9-17-15/h3-6,8,17-18H,7,9H2,1-2H3. The molecule has 2 aromatic rings. The predicted octanol–water partition coefficient (Wildman–Crippen LogP) is 3.37. The Morgan fingerprint density at radius 1 is 1.37 bits per heavy atom. The average molecular weight is 297 g/mol. The number of hydrogen-bond acceptors (Lipinski definition) is 4. The third kappa shape index (κ3) is 4.01.